The minimum absolute atomic E-state index is 0.0377. The van der Waals surface area contributed by atoms with Crippen LogP contribution in [0.4, 0.5) is 4.79 Å². The zero-order chi connectivity index (χ0) is 35.6. The van der Waals surface area contributed by atoms with Gasteiger partial charge in [-0.1, -0.05) is 112 Å². The van der Waals surface area contributed by atoms with Gasteiger partial charge in [0.05, 0.1) is 6.61 Å². The molecule has 0 aliphatic heterocycles. The molecule has 3 aromatic rings. The molecule has 3 atom stereocenters. The molecule has 0 radical (unpaired) electrons. The lowest BCUT2D eigenvalue weighted by atomic mass is 9.98. The fourth-order valence-electron chi connectivity index (χ4n) is 5.82. The number of benzene rings is 3. The molecule has 0 fully saturated rings. The van der Waals surface area contributed by atoms with Gasteiger partial charge in [0.25, 0.3) is 0 Å². The van der Waals surface area contributed by atoms with Crippen molar-refractivity contribution < 1.29 is 33.7 Å². The fraction of sp³-hybridized carbons (Fsp3) is 0.390. The van der Waals surface area contributed by atoms with E-state index < -0.39 is 35.8 Å². The first-order valence-corrected chi connectivity index (χ1v) is 16.9. The minimum atomic E-state index is -0.935. The van der Waals surface area contributed by atoms with Crippen molar-refractivity contribution in [3.8, 4) is 11.1 Å². The molecule has 0 saturated carbocycles. The molecule has 4 rings (SSSR count). The summed E-state index contributed by atoms with van der Waals surface area (Å²) < 4.78 is 17.2. The first-order chi connectivity index (χ1) is 23.3. The molecule has 0 spiro atoms. The standard InChI is InChI=1S/C41H49NO7/c1-27(2)24-36(42-40(46)47-26-35-33-14-9-7-12-31(33)32-13-8-10-15-34(32)35)39(45)48-37(16-11-17-38(44)49-41(4,5)6)28(3)18-19-29-20-22-30(25-43)23-21-29/h7-15,17-23,27-28,35-37,43H,16,24-26H2,1-6H3,(H,42,46)/t28-,36+,37+/m1/s1. The summed E-state index contributed by atoms with van der Waals surface area (Å²) in [6, 6.07) is 22.8. The van der Waals surface area contributed by atoms with Gasteiger partial charge in [-0.25, -0.2) is 14.4 Å². The number of ether oxygens (including phenoxy) is 3. The van der Waals surface area contributed by atoms with Crippen LogP contribution in [0.5, 0.6) is 0 Å². The summed E-state index contributed by atoms with van der Waals surface area (Å²) in [4.78, 5) is 39.2. The molecule has 49 heavy (non-hydrogen) atoms. The molecule has 8 nitrogen and oxygen atoms in total. The van der Waals surface area contributed by atoms with Crippen molar-refractivity contribution in [3.63, 3.8) is 0 Å². The molecule has 0 heterocycles. The van der Waals surface area contributed by atoms with Crippen LogP contribution >= 0.6 is 0 Å². The molecule has 1 aliphatic rings. The van der Waals surface area contributed by atoms with Crippen molar-refractivity contribution in [2.45, 2.75) is 84.7 Å². The maximum absolute atomic E-state index is 13.7. The number of nitrogens with one attached hydrogen (secondary N) is 1. The van der Waals surface area contributed by atoms with Gasteiger partial charge in [0.1, 0.15) is 24.4 Å². The van der Waals surface area contributed by atoms with Gasteiger partial charge < -0.3 is 24.6 Å². The van der Waals surface area contributed by atoms with Gasteiger partial charge in [-0.15, -0.1) is 0 Å². The number of hydrogen-bond acceptors (Lipinski definition) is 7. The first kappa shape index (κ1) is 37.1. The number of aliphatic hydroxyl groups excluding tert-OH is 1. The number of fused-ring (bicyclic) bond motifs is 3. The third kappa shape index (κ3) is 10.9. The van der Waals surface area contributed by atoms with Crippen molar-refractivity contribution in [1.82, 2.24) is 5.32 Å². The summed E-state index contributed by atoms with van der Waals surface area (Å²) in [5.41, 5.74) is 5.56. The maximum atomic E-state index is 13.7. The molecule has 2 N–H and O–H groups in total. The van der Waals surface area contributed by atoms with E-state index in [0.29, 0.717) is 6.42 Å². The number of hydrogen-bond donors (Lipinski definition) is 2. The predicted octanol–water partition coefficient (Wildman–Crippen LogP) is 7.98. The number of aliphatic hydroxyl groups is 1. The largest absolute Gasteiger partial charge is 0.460 e. The van der Waals surface area contributed by atoms with E-state index in [1.165, 1.54) is 6.08 Å². The summed E-state index contributed by atoms with van der Waals surface area (Å²) in [7, 11) is 0. The summed E-state index contributed by atoms with van der Waals surface area (Å²) in [6.45, 7) is 11.3. The lowest BCUT2D eigenvalue weighted by Crippen LogP contribution is -2.44. The van der Waals surface area contributed by atoms with Gasteiger partial charge in [-0.2, -0.15) is 0 Å². The molecule has 260 valence electrons. The lowest BCUT2D eigenvalue weighted by Gasteiger charge is -2.26. The van der Waals surface area contributed by atoms with Crippen LogP contribution in [0.2, 0.25) is 0 Å². The van der Waals surface area contributed by atoms with Gasteiger partial charge in [-0.3, -0.25) is 0 Å². The van der Waals surface area contributed by atoms with Crippen LogP contribution in [0.3, 0.4) is 0 Å². The zero-order valence-corrected chi connectivity index (χ0v) is 29.3. The van der Waals surface area contributed by atoms with Gasteiger partial charge in [-0.05, 0) is 66.5 Å². The highest BCUT2D eigenvalue weighted by Gasteiger charge is 2.31. The number of rotatable bonds is 14. The fourth-order valence-corrected chi connectivity index (χ4v) is 5.82. The van der Waals surface area contributed by atoms with E-state index in [1.807, 2.05) is 81.5 Å². The van der Waals surface area contributed by atoms with Crippen molar-refractivity contribution in [2.24, 2.45) is 11.8 Å². The second-order valence-corrected chi connectivity index (χ2v) is 13.9. The normalized spacial score (nSPS) is 14.7. The lowest BCUT2D eigenvalue weighted by molar-refractivity contribution is -0.153. The highest BCUT2D eigenvalue weighted by atomic mass is 16.6. The number of carbonyl (C=O) groups excluding carboxylic acids is 3. The molecule has 0 bridgehead atoms. The second kappa shape index (κ2) is 17.1. The Hall–Kier alpha value is -4.69. The smallest absolute Gasteiger partial charge is 0.407 e. The summed E-state index contributed by atoms with van der Waals surface area (Å²) in [5, 5.41) is 12.1. The number of amides is 1. The molecule has 0 saturated heterocycles. The zero-order valence-electron chi connectivity index (χ0n) is 29.3. The third-order valence-corrected chi connectivity index (χ3v) is 8.26. The van der Waals surface area contributed by atoms with Gasteiger partial charge in [0.15, 0.2) is 0 Å². The Bertz CT molecular complexity index is 1590. The number of alkyl carbamates (subject to hydrolysis) is 1. The van der Waals surface area contributed by atoms with Crippen molar-refractivity contribution in [2.75, 3.05) is 6.61 Å². The molecular weight excluding hydrogens is 618 g/mol. The van der Waals surface area contributed by atoms with Gasteiger partial charge in [0, 0.05) is 24.3 Å². The van der Waals surface area contributed by atoms with Crippen LogP contribution in [0.25, 0.3) is 17.2 Å². The molecule has 3 aromatic carbocycles. The average Bonchev–Trinajstić information content (AvgIpc) is 3.38. The van der Waals surface area contributed by atoms with E-state index in [0.717, 1.165) is 33.4 Å². The van der Waals surface area contributed by atoms with Crippen LogP contribution in [-0.2, 0) is 30.4 Å². The highest BCUT2D eigenvalue weighted by Crippen LogP contribution is 2.44. The van der Waals surface area contributed by atoms with Crippen LogP contribution in [0.1, 0.15) is 82.6 Å². The Morgan fingerprint density at radius 2 is 1.51 bits per heavy atom. The molecule has 1 aliphatic carbocycles. The molecule has 0 aromatic heterocycles. The van der Waals surface area contributed by atoms with Crippen molar-refractivity contribution in [1.29, 1.82) is 0 Å². The second-order valence-electron chi connectivity index (χ2n) is 13.9. The van der Waals surface area contributed by atoms with E-state index in [4.69, 9.17) is 14.2 Å². The molecule has 1 amide bonds. The summed E-state index contributed by atoms with van der Waals surface area (Å²) in [6.07, 6.45) is 6.11. The molecular formula is C41H49NO7. The van der Waals surface area contributed by atoms with Crippen LogP contribution in [0, 0.1) is 11.8 Å². The van der Waals surface area contributed by atoms with E-state index in [1.54, 1.807) is 26.8 Å². The van der Waals surface area contributed by atoms with E-state index in [-0.39, 0.29) is 37.4 Å². The maximum Gasteiger partial charge on any atom is 0.407 e. The topological polar surface area (TPSA) is 111 Å². The number of esters is 2. The van der Waals surface area contributed by atoms with Crippen molar-refractivity contribution >= 4 is 24.1 Å². The van der Waals surface area contributed by atoms with Crippen LogP contribution in [-0.4, -0.2) is 47.5 Å². The van der Waals surface area contributed by atoms with Crippen LogP contribution in [0.15, 0.2) is 91.0 Å². The number of carbonyl (C=O) groups is 3. The Labute approximate surface area is 290 Å². The minimum Gasteiger partial charge on any atom is -0.460 e. The highest BCUT2D eigenvalue weighted by molar-refractivity contribution is 5.83. The van der Waals surface area contributed by atoms with Crippen LogP contribution < -0.4 is 5.32 Å². The third-order valence-electron chi connectivity index (χ3n) is 8.26. The Balaban J connectivity index is 1.45. The Morgan fingerprint density at radius 3 is 2.08 bits per heavy atom. The van der Waals surface area contributed by atoms with E-state index >= 15 is 0 Å². The quantitative estimate of drug-likeness (QED) is 0.102. The average molecular weight is 668 g/mol. The van der Waals surface area contributed by atoms with Gasteiger partial charge in [0.2, 0.25) is 0 Å². The predicted molar refractivity (Wildman–Crippen MR) is 191 cm³/mol. The summed E-state index contributed by atoms with van der Waals surface area (Å²) in [5.74, 6) is -1.35. The van der Waals surface area contributed by atoms with Gasteiger partial charge >= 0.3 is 18.0 Å². The Kier molecular flexibility index (Phi) is 13.0. The Morgan fingerprint density at radius 1 is 0.898 bits per heavy atom. The monoisotopic (exact) mass is 667 g/mol. The SMILES string of the molecule is CC(C)C[C@H](NC(=O)OCC1c2ccccc2-c2ccccc21)C(=O)O[C@@H](CC=CC(=O)OC(C)(C)C)[C@H](C)C=Cc1ccc(CO)cc1. The molecule has 8 heteroatoms. The molecule has 0 unspecified atom stereocenters. The first-order valence-electron chi connectivity index (χ1n) is 16.9. The van der Waals surface area contributed by atoms with E-state index in [2.05, 4.69) is 29.6 Å². The van der Waals surface area contributed by atoms with E-state index in [9.17, 15) is 19.5 Å². The van der Waals surface area contributed by atoms with Crippen molar-refractivity contribution in [3.05, 3.63) is 113 Å². The summed E-state index contributed by atoms with van der Waals surface area (Å²) >= 11 is 0.